The van der Waals surface area contributed by atoms with Crippen LogP contribution < -0.4 is 10.1 Å². The highest BCUT2D eigenvalue weighted by molar-refractivity contribution is 6.10. The van der Waals surface area contributed by atoms with Gasteiger partial charge < -0.3 is 15.5 Å². The lowest BCUT2D eigenvalue weighted by atomic mass is 9.94. The maximum absolute atomic E-state index is 8.58. The highest BCUT2D eigenvalue weighted by atomic mass is 16.5. The number of hydrogen-bond donors (Lipinski definition) is 2. The van der Waals surface area contributed by atoms with E-state index in [4.69, 9.17) is 10.1 Å². The van der Waals surface area contributed by atoms with Gasteiger partial charge in [-0.25, -0.2) is 0 Å². The third kappa shape index (κ3) is 3.49. The van der Waals surface area contributed by atoms with Crippen molar-refractivity contribution in [2.24, 2.45) is 0 Å². The zero-order chi connectivity index (χ0) is 18.6. The van der Waals surface area contributed by atoms with Gasteiger partial charge in [-0.2, -0.15) is 0 Å². The lowest BCUT2D eigenvalue weighted by Gasteiger charge is -2.11. The maximum Gasteiger partial charge on any atom is 0.127 e. The Hall–Kier alpha value is -3.33. The summed E-state index contributed by atoms with van der Waals surface area (Å²) in [7, 11) is 1.89. The summed E-state index contributed by atoms with van der Waals surface area (Å²) in [5, 5.41) is 11.8. The molecule has 3 aromatic carbocycles. The summed E-state index contributed by atoms with van der Waals surface area (Å²) in [5.74, 6) is 0.931. The van der Waals surface area contributed by atoms with Crippen molar-refractivity contribution in [1.29, 1.82) is 5.41 Å². The first-order valence-corrected chi connectivity index (χ1v) is 9.15. The minimum absolute atomic E-state index is 0.490. The number of rotatable bonds is 4. The molecule has 0 spiro atoms. The molecular formula is C24H22N2O. The minimum Gasteiger partial charge on any atom is -0.493 e. The first-order chi connectivity index (χ1) is 13.3. The molecule has 1 heterocycles. The third-order valence-corrected chi connectivity index (χ3v) is 4.87. The molecule has 4 rings (SSSR count). The van der Waals surface area contributed by atoms with Gasteiger partial charge in [0.1, 0.15) is 5.75 Å². The second-order valence-electron chi connectivity index (χ2n) is 6.55. The van der Waals surface area contributed by atoms with Crippen LogP contribution in [0.4, 0.5) is 0 Å². The Kier molecular flexibility index (Phi) is 4.75. The van der Waals surface area contributed by atoms with Gasteiger partial charge in [0.25, 0.3) is 0 Å². The average molecular weight is 354 g/mol. The lowest BCUT2D eigenvalue weighted by Crippen LogP contribution is -2.08. The van der Waals surface area contributed by atoms with E-state index in [0.717, 1.165) is 34.6 Å². The Morgan fingerprint density at radius 3 is 2.52 bits per heavy atom. The highest BCUT2D eigenvalue weighted by Gasteiger charge is 2.16. The molecule has 134 valence electrons. The maximum atomic E-state index is 8.58. The largest absolute Gasteiger partial charge is 0.493 e. The molecule has 0 unspecified atom stereocenters. The van der Waals surface area contributed by atoms with Gasteiger partial charge in [-0.05, 0) is 40.5 Å². The van der Waals surface area contributed by atoms with E-state index < -0.39 is 0 Å². The Labute approximate surface area is 159 Å². The van der Waals surface area contributed by atoms with Gasteiger partial charge in [0, 0.05) is 24.7 Å². The van der Waals surface area contributed by atoms with Crippen molar-refractivity contribution >= 4 is 11.4 Å². The number of fused-ring (bicyclic) bond motifs is 3. The Bertz CT molecular complexity index is 1010. The van der Waals surface area contributed by atoms with Crippen LogP contribution in [0.1, 0.15) is 16.7 Å². The Balaban J connectivity index is 1.69. The summed E-state index contributed by atoms with van der Waals surface area (Å²) in [6.07, 6.45) is 2.73. The predicted octanol–water partition coefficient (Wildman–Crippen LogP) is 4.92. The second-order valence-corrected chi connectivity index (χ2v) is 6.55. The first-order valence-electron chi connectivity index (χ1n) is 9.15. The van der Waals surface area contributed by atoms with E-state index in [1.165, 1.54) is 11.1 Å². The summed E-state index contributed by atoms with van der Waals surface area (Å²) in [6, 6.07) is 24.5. The summed E-state index contributed by atoms with van der Waals surface area (Å²) < 4.78 is 5.90. The fraction of sp³-hybridized carbons (Fsp3) is 0.125. The summed E-state index contributed by atoms with van der Waals surface area (Å²) in [6.45, 7) is 0.655. The van der Waals surface area contributed by atoms with Crippen LogP contribution in [0.25, 0.3) is 16.8 Å². The van der Waals surface area contributed by atoms with Crippen molar-refractivity contribution in [3.05, 3.63) is 95.6 Å². The standard InChI is InChI=1S/C24H22N2O/c1-26-23(17-7-3-2-4-8-17)16-22(25)19-11-12-20-18(15-19)13-14-27-24-10-6-5-9-21(20)24/h2-12,15-16,25-26H,13-14H2,1H3/b23-16-,25-22?. The molecule has 3 nitrogen and oxygen atoms in total. The SMILES string of the molecule is CN/C(=C\C(=N)c1ccc2c(c1)CCOc1ccccc1-2)c1ccccc1. The lowest BCUT2D eigenvalue weighted by molar-refractivity contribution is 0.326. The van der Waals surface area contributed by atoms with Crippen molar-refractivity contribution < 1.29 is 4.74 Å². The van der Waals surface area contributed by atoms with E-state index in [1.807, 2.05) is 67.7 Å². The molecule has 0 amide bonds. The van der Waals surface area contributed by atoms with E-state index >= 15 is 0 Å². The number of benzene rings is 3. The molecule has 1 aliphatic heterocycles. The number of nitrogens with one attached hydrogen (secondary N) is 2. The van der Waals surface area contributed by atoms with Crippen LogP contribution in [0.2, 0.25) is 0 Å². The van der Waals surface area contributed by atoms with Crippen LogP contribution in [0.3, 0.4) is 0 Å². The highest BCUT2D eigenvalue weighted by Crippen LogP contribution is 2.35. The van der Waals surface area contributed by atoms with Crippen LogP contribution in [0.5, 0.6) is 5.75 Å². The molecule has 3 aromatic rings. The first kappa shape index (κ1) is 17.1. The molecule has 0 radical (unpaired) electrons. The molecule has 27 heavy (non-hydrogen) atoms. The molecule has 2 N–H and O–H groups in total. The van der Waals surface area contributed by atoms with Crippen LogP contribution in [-0.4, -0.2) is 19.4 Å². The van der Waals surface area contributed by atoms with Gasteiger partial charge in [0.2, 0.25) is 0 Å². The van der Waals surface area contributed by atoms with Crippen molar-refractivity contribution in [2.45, 2.75) is 6.42 Å². The number of allylic oxidation sites excluding steroid dienone is 1. The minimum atomic E-state index is 0.490. The smallest absolute Gasteiger partial charge is 0.127 e. The molecule has 0 aliphatic carbocycles. The van der Waals surface area contributed by atoms with Crippen molar-refractivity contribution in [3.8, 4) is 16.9 Å². The van der Waals surface area contributed by atoms with E-state index in [2.05, 4.69) is 23.5 Å². The topological polar surface area (TPSA) is 45.1 Å². The monoisotopic (exact) mass is 354 g/mol. The van der Waals surface area contributed by atoms with Crippen LogP contribution >= 0.6 is 0 Å². The van der Waals surface area contributed by atoms with E-state index in [9.17, 15) is 0 Å². The molecule has 0 saturated carbocycles. The van der Waals surface area contributed by atoms with Gasteiger partial charge in [-0.3, -0.25) is 0 Å². The molecule has 3 heteroatoms. The summed E-state index contributed by atoms with van der Waals surface area (Å²) in [4.78, 5) is 0. The normalized spacial score (nSPS) is 13.0. The molecule has 1 aliphatic rings. The average Bonchev–Trinajstić information content (AvgIpc) is 2.91. The third-order valence-electron chi connectivity index (χ3n) is 4.87. The van der Waals surface area contributed by atoms with Crippen LogP contribution in [-0.2, 0) is 6.42 Å². The van der Waals surface area contributed by atoms with Crippen molar-refractivity contribution in [1.82, 2.24) is 5.32 Å². The summed E-state index contributed by atoms with van der Waals surface area (Å²) in [5.41, 5.74) is 6.95. The fourth-order valence-corrected chi connectivity index (χ4v) is 3.46. The van der Waals surface area contributed by atoms with Gasteiger partial charge >= 0.3 is 0 Å². The molecule has 0 saturated heterocycles. The van der Waals surface area contributed by atoms with Gasteiger partial charge in [-0.1, -0.05) is 60.7 Å². The number of ether oxygens (including phenoxy) is 1. The molecular weight excluding hydrogens is 332 g/mol. The van der Waals surface area contributed by atoms with Gasteiger partial charge in [-0.15, -0.1) is 0 Å². The molecule has 0 atom stereocenters. The van der Waals surface area contributed by atoms with Crippen molar-refractivity contribution in [3.63, 3.8) is 0 Å². The Morgan fingerprint density at radius 2 is 1.70 bits per heavy atom. The van der Waals surface area contributed by atoms with Crippen LogP contribution in [0.15, 0.2) is 78.9 Å². The Morgan fingerprint density at radius 1 is 0.926 bits per heavy atom. The molecule has 0 bridgehead atoms. The molecule has 0 aromatic heterocycles. The molecule has 0 fully saturated rings. The van der Waals surface area contributed by atoms with E-state index in [1.54, 1.807) is 0 Å². The number of hydrogen-bond acceptors (Lipinski definition) is 3. The fourth-order valence-electron chi connectivity index (χ4n) is 3.46. The van der Waals surface area contributed by atoms with Crippen molar-refractivity contribution in [2.75, 3.05) is 13.7 Å². The summed E-state index contributed by atoms with van der Waals surface area (Å²) >= 11 is 0. The predicted molar refractivity (Wildman–Crippen MR) is 111 cm³/mol. The van der Waals surface area contributed by atoms with Gasteiger partial charge in [0.05, 0.1) is 12.3 Å². The second kappa shape index (κ2) is 7.50. The number of para-hydroxylation sites is 1. The van der Waals surface area contributed by atoms with Crippen LogP contribution in [0, 0.1) is 5.41 Å². The zero-order valence-corrected chi connectivity index (χ0v) is 15.3. The zero-order valence-electron chi connectivity index (χ0n) is 15.3. The van der Waals surface area contributed by atoms with E-state index in [0.29, 0.717) is 12.3 Å². The van der Waals surface area contributed by atoms with E-state index in [-0.39, 0.29) is 0 Å². The quantitative estimate of drug-likeness (QED) is 0.654. The van der Waals surface area contributed by atoms with Gasteiger partial charge in [0.15, 0.2) is 0 Å².